The van der Waals surface area contributed by atoms with Crippen molar-refractivity contribution in [2.24, 2.45) is 5.92 Å². The molecule has 0 amide bonds. The van der Waals surface area contributed by atoms with Gasteiger partial charge in [0.05, 0.1) is 27.5 Å². The molecule has 0 saturated heterocycles. The molecule has 9 heteroatoms. The number of alkyl halides is 3. The zero-order valence-corrected chi connectivity index (χ0v) is 19.1. The van der Waals surface area contributed by atoms with Gasteiger partial charge in [0, 0.05) is 18.0 Å². The Labute approximate surface area is 190 Å². The Bertz CT molecular complexity index is 1300. The summed E-state index contributed by atoms with van der Waals surface area (Å²) in [6, 6.07) is 12.2. The largest absolute Gasteiger partial charge is 0.508 e. The van der Waals surface area contributed by atoms with E-state index in [9.17, 15) is 26.7 Å². The smallest absolute Gasteiger partial charge is 0.416 e. The molecule has 1 unspecified atom stereocenters. The van der Waals surface area contributed by atoms with Gasteiger partial charge in [-0.1, -0.05) is 26.0 Å². The van der Waals surface area contributed by atoms with Gasteiger partial charge in [-0.2, -0.15) is 13.2 Å². The molecule has 0 radical (unpaired) electrons. The number of pyridine rings is 1. The van der Waals surface area contributed by atoms with Crippen molar-refractivity contribution in [3.63, 3.8) is 0 Å². The Hall–Kier alpha value is -3.07. The molecule has 33 heavy (non-hydrogen) atoms. The maximum Gasteiger partial charge on any atom is 0.416 e. The number of phenols is 1. The highest BCUT2D eigenvalue weighted by Gasteiger charge is 2.39. The van der Waals surface area contributed by atoms with Crippen LogP contribution in [0.25, 0.3) is 11.3 Å². The number of aryl methyl sites for hydroxylation is 1. The third-order valence-corrected chi connectivity index (χ3v) is 7.73. The summed E-state index contributed by atoms with van der Waals surface area (Å²) in [6.07, 6.45) is -4.42. The summed E-state index contributed by atoms with van der Waals surface area (Å²) in [7, 11) is -3.90. The molecule has 1 N–H and O–H groups in total. The normalized spacial score (nSPS) is 16.3. The van der Waals surface area contributed by atoms with Crippen LogP contribution < -0.4 is 4.31 Å². The van der Waals surface area contributed by atoms with Crippen molar-refractivity contribution in [3.8, 4) is 17.0 Å². The lowest BCUT2D eigenvalue weighted by molar-refractivity contribution is -0.137. The number of phenolic OH excluding ortho intramolecular Hbond substituents is 1. The van der Waals surface area contributed by atoms with Gasteiger partial charge < -0.3 is 5.11 Å². The Morgan fingerprint density at radius 1 is 1.06 bits per heavy atom. The molecule has 2 aromatic carbocycles. The number of hydrogen-bond acceptors (Lipinski definition) is 4. The minimum Gasteiger partial charge on any atom is -0.508 e. The quantitative estimate of drug-likeness (QED) is 0.522. The first kappa shape index (κ1) is 23.1. The average Bonchev–Trinajstić information content (AvgIpc) is 3.15. The Morgan fingerprint density at radius 3 is 2.30 bits per heavy atom. The average molecular weight is 477 g/mol. The van der Waals surface area contributed by atoms with Crippen LogP contribution in [0.2, 0.25) is 0 Å². The number of rotatable bonds is 4. The molecule has 0 fully saturated rings. The second-order valence-corrected chi connectivity index (χ2v) is 10.4. The predicted octanol–water partition coefficient (Wildman–Crippen LogP) is 5.73. The number of aromatic nitrogens is 1. The maximum absolute atomic E-state index is 13.4. The van der Waals surface area contributed by atoms with E-state index >= 15 is 0 Å². The fourth-order valence-electron chi connectivity index (χ4n) is 3.98. The minimum absolute atomic E-state index is 0.0127. The zero-order valence-electron chi connectivity index (χ0n) is 18.3. The molecule has 4 rings (SSSR count). The Balaban J connectivity index is 1.76. The summed E-state index contributed by atoms with van der Waals surface area (Å²) in [5.41, 5.74) is 1.76. The third kappa shape index (κ3) is 4.17. The molecule has 0 aliphatic carbocycles. The SMILES string of the molecule is Cc1cc(S(=O)(=O)N2CC(C(C)C)c3nc(-c4ccc(C(F)(F)F)cc4)ccc32)ccc1O. The van der Waals surface area contributed by atoms with Gasteiger partial charge in [-0.05, 0) is 60.9 Å². The molecule has 0 bridgehead atoms. The number of benzene rings is 2. The molecule has 0 spiro atoms. The summed E-state index contributed by atoms with van der Waals surface area (Å²) in [5.74, 6) is -0.0816. The number of nitrogens with zero attached hydrogens (tertiary/aromatic N) is 2. The highest BCUT2D eigenvalue weighted by Crippen LogP contribution is 2.43. The van der Waals surface area contributed by atoms with E-state index in [1.54, 1.807) is 19.1 Å². The van der Waals surface area contributed by atoms with E-state index in [0.717, 1.165) is 12.1 Å². The Morgan fingerprint density at radius 2 is 1.73 bits per heavy atom. The number of halogens is 3. The van der Waals surface area contributed by atoms with Crippen molar-refractivity contribution in [1.29, 1.82) is 0 Å². The second kappa shape index (κ2) is 8.06. The van der Waals surface area contributed by atoms with E-state index in [4.69, 9.17) is 0 Å². The van der Waals surface area contributed by atoms with Crippen LogP contribution in [0.4, 0.5) is 18.9 Å². The first-order chi connectivity index (χ1) is 15.4. The third-order valence-electron chi connectivity index (χ3n) is 5.95. The molecule has 2 heterocycles. The predicted molar refractivity (Wildman–Crippen MR) is 120 cm³/mol. The van der Waals surface area contributed by atoms with E-state index in [-0.39, 0.29) is 29.0 Å². The van der Waals surface area contributed by atoms with E-state index in [2.05, 4.69) is 4.98 Å². The van der Waals surface area contributed by atoms with Gasteiger partial charge in [0.1, 0.15) is 5.75 Å². The van der Waals surface area contributed by atoms with E-state index in [0.29, 0.717) is 28.2 Å². The lowest BCUT2D eigenvalue weighted by Crippen LogP contribution is -2.30. The molecular weight excluding hydrogens is 453 g/mol. The van der Waals surface area contributed by atoms with Crippen molar-refractivity contribution in [2.45, 2.75) is 37.8 Å². The first-order valence-corrected chi connectivity index (χ1v) is 11.8. The highest BCUT2D eigenvalue weighted by atomic mass is 32.2. The summed E-state index contributed by atoms with van der Waals surface area (Å²) >= 11 is 0. The van der Waals surface area contributed by atoms with Crippen molar-refractivity contribution in [3.05, 3.63) is 71.4 Å². The summed E-state index contributed by atoms with van der Waals surface area (Å²) < 4.78 is 66.8. The lowest BCUT2D eigenvalue weighted by atomic mass is 9.93. The number of fused-ring (bicyclic) bond motifs is 1. The van der Waals surface area contributed by atoms with Gasteiger partial charge in [-0.25, -0.2) is 8.42 Å². The van der Waals surface area contributed by atoms with E-state index in [1.807, 2.05) is 13.8 Å². The van der Waals surface area contributed by atoms with Gasteiger partial charge >= 0.3 is 6.18 Å². The molecule has 5 nitrogen and oxygen atoms in total. The zero-order chi connectivity index (χ0) is 24.1. The monoisotopic (exact) mass is 476 g/mol. The van der Waals surface area contributed by atoms with Crippen LogP contribution >= 0.6 is 0 Å². The van der Waals surface area contributed by atoms with Crippen LogP contribution in [0.1, 0.15) is 36.6 Å². The number of anilines is 1. The van der Waals surface area contributed by atoms with Gasteiger partial charge in [0.25, 0.3) is 10.0 Å². The van der Waals surface area contributed by atoms with Crippen molar-refractivity contribution in [1.82, 2.24) is 4.98 Å². The van der Waals surface area contributed by atoms with Crippen molar-refractivity contribution < 1.29 is 26.7 Å². The van der Waals surface area contributed by atoms with Gasteiger partial charge in [0.2, 0.25) is 0 Å². The van der Waals surface area contributed by atoms with Gasteiger partial charge in [0.15, 0.2) is 0 Å². The van der Waals surface area contributed by atoms with Crippen molar-refractivity contribution >= 4 is 15.7 Å². The number of hydrogen-bond donors (Lipinski definition) is 1. The summed E-state index contributed by atoms with van der Waals surface area (Å²) in [5, 5.41) is 9.77. The molecule has 0 saturated carbocycles. The highest BCUT2D eigenvalue weighted by molar-refractivity contribution is 7.92. The number of aromatic hydroxyl groups is 1. The fraction of sp³-hybridized carbons (Fsp3) is 0.292. The van der Waals surface area contributed by atoms with Crippen LogP contribution in [0.5, 0.6) is 5.75 Å². The second-order valence-electron chi connectivity index (χ2n) is 8.51. The van der Waals surface area contributed by atoms with Crippen LogP contribution in [0, 0.1) is 12.8 Å². The fourth-order valence-corrected chi connectivity index (χ4v) is 5.57. The van der Waals surface area contributed by atoms with Crippen molar-refractivity contribution in [2.75, 3.05) is 10.8 Å². The molecule has 1 atom stereocenters. The maximum atomic E-state index is 13.4. The lowest BCUT2D eigenvalue weighted by Gasteiger charge is -2.21. The van der Waals surface area contributed by atoms with Gasteiger partial charge in [-0.3, -0.25) is 9.29 Å². The van der Waals surface area contributed by atoms with Crippen LogP contribution in [-0.4, -0.2) is 25.1 Å². The Kier molecular flexibility index (Phi) is 5.64. The molecule has 1 aliphatic heterocycles. The number of sulfonamides is 1. The van der Waals surface area contributed by atoms with Gasteiger partial charge in [-0.15, -0.1) is 0 Å². The minimum atomic E-state index is -4.42. The van der Waals surface area contributed by atoms with E-state index in [1.165, 1.54) is 34.6 Å². The molecule has 1 aromatic heterocycles. The standard InChI is InChI=1S/C24H23F3N2O3S/c1-14(2)19-13-29(33(31,32)18-8-11-22(30)15(3)12-18)21-10-9-20(28-23(19)21)16-4-6-17(7-5-16)24(25,26)27/h4-12,14,19,30H,13H2,1-3H3. The van der Waals surface area contributed by atoms with Crippen LogP contribution in [-0.2, 0) is 16.2 Å². The summed E-state index contributed by atoms with van der Waals surface area (Å²) in [4.78, 5) is 4.75. The molecule has 3 aromatic rings. The van der Waals surface area contributed by atoms with E-state index < -0.39 is 21.8 Å². The first-order valence-electron chi connectivity index (χ1n) is 10.4. The molecule has 174 valence electrons. The molecular formula is C24H23F3N2O3S. The molecule has 1 aliphatic rings. The topological polar surface area (TPSA) is 70.5 Å². The summed E-state index contributed by atoms with van der Waals surface area (Å²) in [6.45, 7) is 5.78. The van der Waals surface area contributed by atoms with Crippen LogP contribution in [0.3, 0.4) is 0 Å². The van der Waals surface area contributed by atoms with Crippen LogP contribution in [0.15, 0.2) is 59.5 Å².